The predicted molar refractivity (Wildman–Crippen MR) is 367 cm³/mol. The van der Waals surface area contributed by atoms with Crippen molar-refractivity contribution in [2.24, 2.45) is 28.2 Å². The fraction of sp³-hybridized carbons (Fsp3) is 0.260. The van der Waals surface area contributed by atoms with E-state index in [2.05, 4.69) is 29.0 Å². The summed E-state index contributed by atoms with van der Waals surface area (Å²) in [5, 5.41) is 43.0. The van der Waals surface area contributed by atoms with E-state index < -0.39 is 75.4 Å². The number of phenols is 2. The number of nitrogens with zero attached hydrogens (tertiary/aromatic N) is 8. The van der Waals surface area contributed by atoms with E-state index in [1.807, 2.05) is 119 Å². The Labute approximate surface area is 585 Å². The first-order valence-corrected chi connectivity index (χ1v) is 30.3. The Kier molecular flexibility index (Phi) is 24.4. The lowest BCUT2D eigenvalue weighted by Gasteiger charge is -2.29. The molecule has 4 aliphatic heterocycles. The smallest absolute Gasteiger partial charge is 0.352 e. The molecule has 0 radical (unpaired) electrons. The van der Waals surface area contributed by atoms with Gasteiger partial charge in [-0.1, -0.05) is 75.5 Å². The van der Waals surface area contributed by atoms with Crippen molar-refractivity contribution in [2.45, 2.75) is 80.2 Å². The number of phenolic OH excluding ortho intramolecular Hbond substituents is 2. The third kappa shape index (κ3) is 17.9. The van der Waals surface area contributed by atoms with E-state index in [-0.39, 0.29) is 73.0 Å². The fourth-order valence-electron chi connectivity index (χ4n) is 9.76. The number of aromatic nitrogens is 6. The molecule has 2 amide bonds. The first-order chi connectivity index (χ1) is 47.0. The maximum absolute atomic E-state index is 11.9. The summed E-state index contributed by atoms with van der Waals surface area (Å²) in [4.78, 5) is 114. The van der Waals surface area contributed by atoms with E-state index in [1.165, 1.54) is 96.2 Å². The highest BCUT2D eigenvalue weighted by molar-refractivity contribution is 6.20. The zero-order valence-corrected chi connectivity index (χ0v) is 56.6. The van der Waals surface area contributed by atoms with Crippen LogP contribution in [0, 0.1) is 0 Å². The van der Waals surface area contributed by atoms with E-state index >= 15 is 0 Å². The lowest BCUT2D eigenvalue weighted by Crippen LogP contribution is -2.41. The molecule has 8 heterocycles. The van der Waals surface area contributed by atoms with Gasteiger partial charge in [-0.15, -0.1) is 0 Å². The topological polar surface area (TPSA) is 350 Å². The van der Waals surface area contributed by atoms with E-state index in [0.717, 1.165) is 72.5 Å². The number of carbonyl (C=O) groups is 8. The number of aromatic hydroxyl groups is 4. The van der Waals surface area contributed by atoms with Crippen LogP contribution in [-0.2, 0) is 99.7 Å². The first-order valence-electron chi connectivity index (χ1n) is 30.3. The van der Waals surface area contributed by atoms with Crippen molar-refractivity contribution in [1.82, 2.24) is 28.7 Å². The Morgan fingerprint density at radius 1 is 0.402 bits per heavy atom. The average Bonchev–Trinajstić information content (AvgIpc) is 1.56. The van der Waals surface area contributed by atoms with Crippen LogP contribution in [0.1, 0.15) is 73.9 Å². The van der Waals surface area contributed by atoms with Crippen molar-refractivity contribution < 1.29 is 101 Å². The Morgan fingerprint density at radius 2 is 0.696 bits per heavy atom. The number of hydrogen-bond donors (Lipinski definition) is 4. The third-order valence-corrected chi connectivity index (χ3v) is 15.4. The zero-order valence-electron chi connectivity index (χ0n) is 56.6. The highest BCUT2D eigenvalue weighted by Crippen LogP contribution is 2.33. The SMILES string of the molecule is C.C.CN1C(=O)CC(=O)N1C.COC=C1C(=O)OC(C)(C)OC1=O.Cn1c(O)c(C=C2C(=O)OC(C)(C)OC2=O)c(=O)n1C.Cn1c(O)c(C=C2C(=O)OC(C)(C)OC2=O)c(=O)n1C.Oc1ccc(-[n+]2ccc(-c3cc[n+](-c4ccc(O)c(-c5ccccc5)c4)cc3)cc2)cc1-c1ccccc1. The highest BCUT2D eigenvalue weighted by Gasteiger charge is 2.42. The van der Waals surface area contributed by atoms with Gasteiger partial charge >= 0.3 is 35.8 Å². The number of hydrogen-bond acceptors (Lipinski definition) is 21. The molecule has 4 N–H and O–H groups in total. The Hall–Kier alpha value is -12.8. The van der Waals surface area contributed by atoms with Crippen LogP contribution in [0.2, 0.25) is 0 Å². The van der Waals surface area contributed by atoms with Gasteiger partial charge in [0.2, 0.25) is 34.9 Å². The molecule has 0 unspecified atom stereocenters. The average molecular weight is 1410 g/mol. The molecule has 29 nitrogen and oxygen atoms in total. The number of benzene rings is 4. The van der Waals surface area contributed by atoms with Crippen LogP contribution in [0.15, 0.2) is 179 Å². The molecule has 0 spiro atoms. The van der Waals surface area contributed by atoms with Crippen LogP contribution in [-0.4, -0.2) is 135 Å². The van der Waals surface area contributed by atoms with Gasteiger partial charge in [0, 0.05) is 143 Å². The number of pyridine rings is 2. The summed E-state index contributed by atoms with van der Waals surface area (Å²) < 4.78 is 42.4. The van der Waals surface area contributed by atoms with Gasteiger partial charge in [-0.05, 0) is 46.5 Å². The molecular weight excluding hydrogens is 1320 g/mol. The molecule has 102 heavy (non-hydrogen) atoms. The highest BCUT2D eigenvalue weighted by atomic mass is 16.8. The van der Waals surface area contributed by atoms with Crippen LogP contribution in [0.3, 0.4) is 0 Å². The summed E-state index contributed by atoms with van der Waals surface area (Å²) in [5.74, 6) is -9.47. The summed E-state index contributed by atoms with van der Waals surface area (Å²) in [5.41, 5.74) is 5.13. The van der Waals surface area contributed by atoms with E-state index in [4.69, 9.17) is 28.4 Å². The van der Waals surface area contributed by atoms with Crippen LogP contribution in [0.4, 0.5) is 0 Å². The van der Waals surface area contributed by atoms with Crippen LogP contribution >= 0.6 is 0 Å². The minimum Gasteiger partial charge on any atom is -0.507 e. The Morgan fingerprint density at radius 3 is 0.951 bits per heavy atom. The molecular formula is C73H80N8O21+2. The predicted octanol–water partition coefficient (Wildman–Crippen LogP) is 6.80. The quantitative estimate of drug-likeness (QED) is 0.0231. The largest absolute Gasteiger partial charge is 0.507 e. The monoisotopic (exact) mass is 1400 g/mol. The fourth-order valence-corrected chi connectivity index (χ4v) is 9.76. The molecule has 8 aromatic rings. The van der Waals surface area contributed by atoms with Gasteiger partial charge < -0.3 is 53.6 Å². The first kappa shape index (κ1) is 78.2. The van der Waals surface area contributed by atoms with E-state index in [0.29, 0.717) is 0 Å². The van der Waals surface area contributed by atoms with Crippen molar-refractivity contribution in [3.05, 3.63) is 201 Å². The molecule has 4 aromatic carbocycles. The van der Waals surface area contributed by atoms with Gasteiger partial charge in [0.15, 0.2) is 30.4 Å². The van der Waals surface area contributed by atoms with Gasteiger partial charge in [0.25, 0.3) is 28.5 Å². The van der Waals surface area contributed by atoms with Crippen LogP contribution in [0.25, 0.3) is 56.9 Å². The molecule has 0 atom stereocenters. The molecule has 0 bridgehead atoms. The molecule has 4 fully saturated rings. The minimum absolute atomic E-state index is 0. The minimum atomic E-state index is -1.35. The molecule has 4 aliphatic rings. The summed E-state index contributed by atoms with van der Waals surface area (Å²) in [7, 11) is 10.3. The van der Waals surface area contributed by atoms with Crippen molar-refractivity contribution in [1.29, 1.82) is 0 Å². The van der Waals surface area contributed by atoms with Crippen molar-refractivity contribution in [3.63, 3.8) is 0 Å². The Balaban J connectivity index is 0.000000218. The zero-order chi connectivity index (χ0) is 73.5. The third-order valence-electron chi connectivity index (χ3n) is 15.4. The molecule has 4 saturated heterocycles. The molecule has 0 aliphatic carbocycles. The maximum atomic E-state index is 11.9. The standard InChI is InChI=1S/C34H24N2O2.2C12H14N2O6.C8H10O5.C5H8N2O2.2CH4/c37-33-13-11-29(23-31(33)27-7-3-1-4-8-27)35-19-15-25(16-20-35)26-17-21-36(22-18-26)30-12-14-34(38)32(24-30)28-9-5-2-6-10-28;2*1-12(2)19-10(17)7(11(18)20-12)5-6-8(15)13(3)14(4)9(6)16;1-8(2)12-6(9)5(4-11-3)7(10)13-8;1-6-4(8)3-5(9)7(6)2;;/h1-24H;2*5,15H,1-4H3;4H,1-3H3;3H2,1-2H3;2*1H4/p+2. The summed E-state index contributed by atoms with van der Waals surface area (Å²) in [6, 6.07) is 39.4. The van der Waals surface area contributed by atoms with Gasteiger partial charge in [0.1, 0.15) is 46.5 Å². The van der Waals surface area contributed by atoms with Crippen molar-refractivity contribution >= 4 is 59.8 Å². The lowest BCUT2D eigenvalue weighted by atomic mass is 10.0. The van der Waals surface area contributed by atoms with Gasteiger partial charge in [-0.2, -0.15) is 9.13 Å². The maximum Gasteiger partial charge on any atom is 0.352 e. The lowest BCUT2D eigenvalue weighted by molar-refractivity contribution is -0.596. The van der Waals surface area contributed by atoms with Crippen LogP contribution in [0.5, 0.6) is 23.3 Å². The number of esters is 6. The molecule has 0 saturated carbocycles. The molecule has 536 valence electrons. The number of amides is 2. The van der Waals surface area contributed by atoms with Gasteiger partial charge in [0.05, 0.1) is 7.11 Å². The van der Waals surface area contributed by atoms with E-state index in [9.17, 15) is 68.4 Å². The second-order valence-corrected chi connectivity index (χ2v) is 23.7. The van der Waals surface area contributed by atoms with Gasteiger partial charge in [-0.25, -0.2) is 28.8 Å². The second kappa shape index (κ2) is 31.8. The van der Waals surface area contributed by atoms with E-state index in [1.54, 1.807) is 26.2 Å². The number of methoxy groups -OCH3 is 1. The van der Waals surface area contributed by atoms with Crippen LogP contribution < -0.4 is 20.3 Å². The number of cyclic esters (lactones) is 6. The molecule has 12 rings (SSSR count). The molecule has 29 heteroatoms. The number of rotatable bonds is 8. The Bertz CT molecular complexity index is 4420. The number of hydrazine groups is 1. The van der Waals surface area contributed by atoms with Gasteiger partial charge in [-0.3, -0.25) is 47.9 Å². The second-order valence-electron chi connectivity index (χ2n) is 23.7. The summed E-state index contributed by atoms with van der Waals surface area (Å²) >= 11 is 0. The summed E-state index contributed by atoms with van der Waals surface area (Å²) in [6.07, 6.45) is 11.1. The normalized spacial score (nSPS) is 15.3. The number of ether oxygens (including phenoxy) is 7. The molecule has 4 aromatic heterocycles. The van der Waals surface area contributed by atoms with Crippen molar-refractivity contribution in [2.75, 3.05) is 21.2 Å². The van der Waals surface area contributed by atoms with Crippen molar-refractivity contribution in [3.8, 4) is 68.0 Å². The summed E-state index contributed by atoms with van der Waals surface area (Å²) in [6.45, 7) is 8.62. The number of carbonyl (C=O) groups excluding carboxylic acids is 8.